The summed E-state index contributed by atoms with van der Waals surface area (Å²) in [5.74, 6) is -0.428. The standard InChI is InChI=1S/C7H15NO.C6H13NO/c1-7(2,3)5-4-6(8)9;1-6(2,3)4-5(7)8/h4-5H2,1-3H3,(H2,8,9);4H2,1-3H3,(H2,7,8). The second kappa shape index (κ2) is 7.30. The van der Waals surface area contributed by atoms with Gasteiger partial charge in [0.15, 0.2) is 0 Å². The largest absolute Gasteiger partial charge is 0.370 e. The molecule has 0 aliphatic carbocycles. The molecule has 0 aliphatic heterocycles. The molecule has 0 bridgehead atoms. The molecule has 0 heterocycles. The summed E-state index contributed by atoms with van der Waals surface area (Å²) in [7, 11) is 0. The molecule has 4 nitrogen and oxygen atoms in total. The smallest absolute Gasteiger partial charge is 0.217 e. The van der Waals surface area contributed by atoms with Gasteiger partial charge in [0.1, 0.15) is 0 Å². The van der Waals surface area contributed by atoms with Gasteiger partial charge in [0.25, 0.3) is 0 Å². The van der Waals surface area contributed by atoms with Crippen LogP contribution in [-0.4, -0.2) is 11.8 Å². The van der Waals surface area contributed by atoms with Crippen molar-refractivity contribution in [3.05, 3.63) is 0 Å². The molecule has 0 rings (SSSR count). The average Bonchev–Trinajstić information content (AvgIpc) is 1.95. The van der Waals surface area contributed by atoms with Crippen molar-refractivity contribution in [2.75, 3.05) is 0 Å². The van der Waals surface area contributed by atoms with Gasteiger partial charge in [-0.2, -0.15) is 0 Å². The zero-order valence-electron chi connectivity index (χ0n) is 12.1. The number of primary amides is 2. The van der Waals surface area contributed by atoms with Crippen LogP contribution in [0, 0.1) is 10.8 Å². The van der Waals surface area contributed by atoms with E-state index in [4.69, 9.17) is 11.5 Å². The van der Waals surface area contributed by atoms with Crippen LogP contribution in [0.25, 0.3) is 0 Å². The number of carbonyl (C=O) groups excluding carboxylic acids is 2. The van der Waals surface area contributed by atoms with E-state index in [9.17, 15) is 9.59 Å². The average molecular weight is 244 g/mol. The van der Waals surface area contributed by atoms with Crippen LogP contribution in [0.1, 0.15) is 60.8 Å². The Labute approximate surface area is 105 Å². The highest BCUT2D eigenvalue weighted by Crippen LogP contribution is 2.19. The number of rotatable bonds is 3. The molecule has 4 N–H and O–H groups in total. The number of carbonyl (C=O) groups is 2. The molecule has 17 heavy (non-hydrogen) atoms. The minimum Gasteiger partial charge on any atom is -0.370 e. The van der Waals surface area contributed by atoms with Gasteiger partial charge in [0.2, 0.25) is 11.8 Å². The predicted octanol–water partition coefficient (Wildman–Crippen LogP) is 2.21. The van der Waals surface area contributed by atoms with Gasteiger partial charge < -0.3 is 11.5 Å². The van der Waals surface area contributed by atoms with Crippen molar-refractivity contribution >= 4 is 11.8 Å². The molecule has 4 heteroatoms. The third-order valence-electron chi connectivity index (χ3n) is 1.83. The van der Waals surface area contributed by atoms with Gasteiger partial charge in [-0.15, -0.1) is 0 Å². The molecule has 0 aliphatic rings. The van der Waals surface area contributed by atoms with Crippen molar-refractivity contribution < 1.29 is 9.59 Å². The summed E-state index contributed by atoms with van der Waals surface area (Å²) >= 11 is 0. The van der Waals surface area contributed by atoms with Crippen molar-refractivity contribution in [3.8, 4) is 0 Å². The minimum atomic E-state index is -0.225. The lowest BCUT2D eigenvalue weighted by molar-refractivity contribution is -0.120. The third-order valence-corrected chi connectivity index (χ3v) is 1.83. The van der Waals surface area contributed by atoms with Gasteiger partial charge in [-0.25, -0.2) is 0 Å². The van der Waals surface area contributed by atoms with Crippen molar-refractivity contribution in [1.82, 2.24) is 0 Å². The molecule has 0 saturated carbocycles. The summed E-state index contributed by atoms with van der Waals surface area (Å²) in [6.07, 6.45) is 1.85. The SMILES string of the molecule is CC(C)(C)CC(N)=O.CC(C)(C)CCC(N)=O. The Morgan fingerprint density at radius 3 is 1.29 bits per heavy atom. The van der Waals surface area contributed by atoms with Crippen LogP contribution in [0.15, 0.2) is 0 Å². The van der Waals surface area contributed by atoms with Gasteiger partial charge >= 0.3 is 0 Å². The van der Waals surface area contributed by atoms with Gasteiger partial charge in [0.05, 0.1) is 0 Å². The fourth-order valence-electron chi connectivity index (χ4n) is 1.02. The third kappa shape index (κ3) is 25.3. The lowest BCUT2D eigenvalue weighted by Crippen LogP contribution is -2.19. The zero-order valence-corrected chi connectivity index (χ0v) is 12.1. The van der Waals surface area contributed by atoms with Gasteiger partial charge in [-0.3, -0.25) is 9.59 Å². The Morgan fingerprint density at radius 2 is 1.24 bits per heavy atom. The van der Waals surface area contributed by atoms with E-state index in [0.717, 1.165) is 6.42 Å². The van der Waals surface area contributed by atoms with E-state index in [1.165, 1.54) is 0 Å². The van der Waals surface area contributed by atoms with Crippen LogP contribution >= 0.6 is 0 Å². The number of amides is 2. The molecule has 2 amide bonds. The highest BCUT2D eigenvalue weighted by atomic mass is 16.1. The van der Waals surface area contributed by atoms with E-state index in [2.05, 4.69) is 20.8 Å². The molecule has 0 aromatic rings. The Bertz CT molecular complexity index is 247. The van der Waals surface area contributed by atoms with Crippen LogP contribution in [0.4, 0.5) is 0 Å². The quantitative estimate of drug-likeness (QED) is 0.797. The highest BCUT2D eigenvalue weighted by Gasteiger charge is 2.12. The van der Waals surface area contributed by atoms with Crippen LogP contribution in [-0.2, 0) is 9.59 Å². The second-order valence-corrected chi connectivity index (χ2v) is 6.73. The molecular weight excluding hydrogens is 216 g/mol. The molecule has 0 atom stereocenters. The summed E-state index contributed by atoms with van der Waals surface area (Å²) in [6.45, 7) is 12.2. The van der Waals surface area contributed by atoms with E-state index in [0.29, 0.717) is 12.8 Å². The summed E-state index contributed by atoms with van der Waals surface area (Å²) in [6, 6.07) is 0. The number of hydrogen-bond acceptors (Lipinski definition) is 2. The Kier molecular flexibility index (Phi) is 7.86. The van der Waals surface area contributed by atoms with Crippen molar-refractivity contribution in [1.29, 1.82) is 0 Å². The van der Waals surface area contributed by atoms with Crippen molar-refractivity contribution in [2.45, 2.75) is 60.8 Å². The maximum Gasteiger partial charge on any atom is 0.217 e. The van der Waals surface area contributed by atoms with Gasteiger partial charge in [-0.05, 0) is 17.3 Å². The lowest BCUT2D eigenvalue weighted by atomic mass is 9.90. The molecule has 0 fully saturated rings. The maximum atomic E-state index is 10.3. The second-order valence-electron chi connectivity index (χ2n) is 6.73. The first-order chi connectivity index (χ1) is 7.33. The monoisotopic (exact) mass is 244 g/mol. The van der Waals surface area contributed by atoms with E-state index in [1.807, 2.05) is 20.8 Å². The molecule has 0 aromatic carbocycles. The van der Waals surface area contributed by atoms with Gasteiger partial charge in [-0.1, -0.05) is 41.5 Å². The summed E-state index contributed by atoms with van der Waals surface area (Å²) in [4.78, 5) is 20.5. The fourth-order valence-corrected chi connectivity index (χ4v) is 1.02. The predicted molar refractivity (Wildman–Crippen MR) is 71.1 cm³/mol. The molecule has 0 saturated heterocycles. The highest BCUT2D eigenvalue weighted by molar-refractivity contribution is 5.74. The lowest BCUT2D eigenvalue weighted by Gasteiger charge is -2.15. The molecule has 0 spiro atoms. The van der Waals surface area contributed by atoms with Gasteiger partial charge in [0, 0.05) is 12.8 Å². The van der Waals surface area contributed by atoms with E-state index in [-0.39, 0.29) is 22.6 Å². The fraction of sp³-hybridized carbons (Fsp3) is 0.846. The van der Waals surface area contributed by atoms with Crippen LogP contribution in [0.2, 0.25) is 0 Å². The summed E-state index contributed by atoms with van der Waals surface area (Å²) in [5, 5.41) is 0. The normalized spacial score (nSPS) is 11.4. The van der Waals surface area contributed by atoms with E-state index in [1.54, 1.807) is 0 Å². The molecule has 102 valence electrons. The first kappa shape index (κ1) is 18.3. The Balaban J connectivity index is 0. The molecule has 0 aromatic heterocycles. The van der Waals surface area contributed by atoms with E-state index < -0.39 is 0 Å². The van der Waals surface area contributed by atoms with Crippen LogP contribution < -0.4 is 11.5 Å². The number of hydrogen-bond donors (Lipinski definition) is 2. The van der Waals surface area contributed by atoms with Crippen molar-refractivity contribution in [2.24, 2.45) is 22.3 Å². The number of nitrogens with two attached hydrogens (primary N) is 2. The van der Waals surface area contributed by atoms with Crippen LogP contribution in [0.5, 0.6) is 0 Å². The molecule has 0 unspecified atom stereocenters. The first-order valence-electron chi connectivity index (χ1n) is 5.90. The van der Waals surface area contributed by atoms with Crippen molar-refractivity contribution in [3.63, 3.8) is 0 Å². The molecule has 0 radical (unpaired) electrons. The minimum absolute atomic E-state index is 0.0475. The Morgan fingerprint density at radius 1 is 0.824 bits per heavy atom. The Hall–Kier alpha value is -1.06. The zero-order chi connectivity index (χ0) is 14.3. The van der Waals surface area contributed by atoms with Crippen LogP contribution in [0.3, 0.4) is 0 Å². The first-order valence-corrected chi connectivity index (χ1v) is 5.90. The summed E-state index contributed by atoms with van der Waals surface area (Å²) < 4.78 is 0. The topological polar surface area (TPSA) is 86.2 Å². The summed E-state index contributed by atoms with van der Waals surface area (Å²) in [5.41, 5.74) is 10.2. The maximum absolute atomic E-state index is 10.3. The molecular formula is C13H28N2O2. The van der Waals surface area contributed by atoms with E-state index >= 15 is 0 Å².